The minimum Gasteiger partial charge on any atom is -0.456 e. The van der Waals surface area contributed by atoms with Gasteiger partial charge in [0.2, 0.25) is 0 Å². The van der Waals surface area contributed by atoms with E-state index in [1.807, 2.05) is 23.5 Å². The number of hydrogen-bond donors (Lipinski definition) is 0. The van der Waals surface area contributed by atoms with Crippen molar-refractivity contribution in [1.29, 1.82) is 0 Å². The van der Waals surface area contributed by atoms with Crippen molar-refractivity contribution in [3.63, 3.8) is 0 Å². The molecule has 3 heteroatoms. The van der Waals surface area contributed by atoms with Gasteiger partial charge in [-0.25, -0.2) is 0 Å². The molecule has 0 spiro atoms. The van der Waals surface area contributed by atoms with Crippen LogP contribution in [0.1, 0.15) is 0 Å². The molecule has 0 atom stereocenters. The maximum atomic E-state index is 6.26. The summed E-state index contributed by atoms with van der Waals surface area (Å²) in [5, 5.41) is 7.42. The van der Waals surface area contributed by atoms with Crippen LogP contribution in [-0.4, -0.2) is 0 Å². The van der Waals surface area contributed by atoms with Crippen molar-refractivity contribution in [1.82, 2.24) is 0 Å². The molecule has 2 nitrogen and oxygen atoms in total. The highest BCUT2D eigenvalue weighted by molar-refractivity contribution is 7.25. The molecule has 2 heterocycles. The number of hydrogen-bond acceptors (Lipinski definition) is 3. The number of rotatable bonds is 8. The van der Waals surface area contributed by atoms with Gasteiger partial charge in [0.25, 0.3) is 0 Å². The van der Waals surface area contributed by atoms with Gasteiger partial charge in [-0.2, -0.15) is 0 Å². The molecule has 0 saturated carbocycles. The quantitative estimate of drug-likeness (QED) is 0.151. The summed E-state index contributed by atoms with van der Waals surface area (Å²) < 4.78 is 8.89. The highest BCUT2D eigenvalue weighted by Crippen LogP contribution is 2.43. The van der Waals surface area contributed by atoms with Gasteiger partial charge in [-0.3, -0.25) is 0 Å². The Hall–Kier alpha value is -8.50. The van der Waals surface area contributed by atoms with Gasteiger partial charge in [0, 0.05) is 48.0 Å². The van der Waals surface area contributed by atoms with Crippen LogP contribution >= 0.6 is 11.3 Å². The molecule has 13 aromatic rings. The van der Waals surface area contributed by atoms with Crippen LogP contribution in [0.2, 0.25) is 0 Å². The van der Waals surface area contributed by atoms with E-state index in [-0.39, 0.29) is 0 Å². The Bertz CT molecular complexity index is 3950. The maximum absolute atomic E-state index is 6.26. The molecule has 0 aliphatic heterocycles. The van der Waals surface area contributed by atoms with Gasteiger partial charge in [-0.15, -0.1) is 11.3 Å². The fraction of sp³-hybridized carbons (Fsp3) is 0. The second-order valence-corrected chi connectivity index (χ2v) is 18.4. The lowest BCUT2D eigenvalue weighted by molar-refractivity contribution is 0.669. The third kappa shape index (κ3) is 7.05. The van der Waals surface area contributed by atoms with Crippen molar-refractivity contribution < 1.29 is 4.42 Å². The summed E-state index contributed by atoms with van der Waals surface area (Å²) in [6, 6.07) is 90.2. The minimum atomic E-state index is 0.900. The molecule has 2 aromatic heterocycles. The Labute approximate surface area is 392 Å². The summed E-state index contributed by atoms with van der Waals surface area (Å²) in [5.74, 6) is 0. The largest absolute Gasteiger partial charge is 0.456 e. The van der Waals surface area contributed by atoms with Crippen LogP contribution in [-0.2, 0) is 0 Å². The number of fused-ring (bicyclic) bond motifs is 7. The zero-order chi connectivity index (χ0) is 44.3. The number of nitrogens with zero attached hydrogens (tertiary/aromatic N) is 1. The minimum absolute atomic E-state index is 0.900. The van der Waals surface area contributed by atoms with Crippen LogP contribution < -0.4 is 4.90 Å². The predicted molar refractivity (Wildman–Crippen MR) is 286 cm³/mol. The SMILES string of the molecule is c1cc(-c2ccc(-c3ccc(N(c4ccc(-c5ccc6c(c5)oc5ccccc56)cc4)c4ccc(-c5cccc6sc7ccccc7c56)cc4)cc3)cc2)cc(-c2ccc3ccccc3c2)c1. The first-order valence-corrected chi connectivity index (χ1v) is 23.6. The molecule has 11 aromatic carbocycles. The molecule has 314 valence electrons. The first-order valence-electron chi connectivity index (χ1n) is 22.8. The van der Waals surface area contributed by atoms with Crippen LogP contribution in [0, 0.1) is 0 Å². The van der Waals surface area contributed by atoms with E-state index in [0.29, 0.717) is 0 Å². The molecule has 0 amide bonds. The van der Waals surface area contributed by atoms with Crippen molar-refractivity contribution in [2.75, 3.05) is 4.90 Å². The fourth-order valence-electron chi connectivity index (χ4n) is 9.87. The summed E-state index contributed by atoms with van der Waals surface area (Å²) in [7, 11) is 0. The summed E-state index contributed by atoms with van der Waals surface area (Å²) in [5.41, 5.74) is 17.0. The van der Waals surface area contributed by atoms with E-state index < -0.39 is 0 Å². The molecule has 0 aliphatic carbocycles. The van der Waals surface area contributed by atoms with E-state index in [1.54, 1.807) is 0 Å². The Kier molecular flexibility index (Phi) is 9.40. The summed E-state index contributed by atoms with van der Waals surface area (Å²) in [6.45, 7) is 0. The average molecular weight is 872 g/mol. The highest BCUT2D eigenvalue weighted by Gasteiger charge is 2.17. The van der Waals surface area contributed by atoms with E-state index in [4.69, 9.17) is 4.42 Å². The molecular formula is C64H41NOS. The smallest absolute Gasteiger partial charge is 0.136 e. The van der Waals surface area contributed by atoms with Gasteiger partial charge in [0.1, 0.15) is 11.2 Å². The molecule has 0 aliphatic rings. The Morgan fingerprint density at radius 2 is 0.761 bits per heavy atom. The average Bonchev–Trinajstić information content (AvgIpc) is 3.98. The number of para-hydroxylation sites is 1. The lowest BCUT2D eigenvalue weighted by Crippen LogP contribution is -2.09. The third-order valence-corrected chi connectivity index (χ3v) is 14.4. The standard InChI is InChI=1S/C64H41NOS/c1-2-10-48-40-51(24-23-42(48)9-1)50-12-7-11-49(39-50)45-21-19-43(20-22-45)44-25-32-53(33-26-44)65(54-34-27-46(28-35-54)52-31-38-58-57-13-3-5-16-60(57)66-61(58)41-52)55-36-29-47(30-37-55)56-15-8-18-63-64(56)59-14-4-6-17-62(59)67-63/h1-41H. The monoisotopic (exact) mass is 871 g/mol. The lowest BCUT2D eigenvalue weighted by Gasteiger charge is -2.26. The number of anilines is 3. The van der Waals surface area contributed by atoms with Crippen molar-refractivity contribution in [2.24, 2.45) is 0 Å². The molecular weight excluding hydrogens is 831 g/mol. The summed E-state index contributed by atoms with van der Waals surface area (Å²) in [4.78, 5) is 2.35. The van der Waals surface area contributed by atoms with E-state index in [0.717, 1.165) is 50.1 Å². The first kappa shape index (κ1) is 38.9. The van der Waals surface area contributed by atoms with E-state index in [2.05, 4.69) is 241 Å². The molecule has 0 N–H and O–H groups in total. The molecule has 0 fully saturated rings. The molecule has 0 radical (unpaired) electrons. The molecule has 0 bridgehead atoms. The molecule has 0 saturated heterocycles. The van der Waals surface area contributed by atoms with Crippen molar-refractivity contribution in [3.05, 3.63) is 249 Å². The van der Waals surface area contributed by atoms with E-state index in [9.17, 15) is 0 Å². The number of thiophene rings is 1. The van der Waals surface area contributed by atoms with E-state index in [1.165, 1.54) is 75.5 Å². The normalized spacial score (nSPS) is 11.6. The van der Waals surface area contributed by atoms with Crippen LogP contribution in [0.3, 0.4) is 0 Å². The number of benzene rings is 11. The molecule has 67 heavy (non-hydrogen) atoms. The topological polar surface area (TPSA) is 16.4 Å². The Morgan fingerprint density at radius 1 is 0.284 bits per heavy atom. The second kappa shape index (κ2) is 16.2. The van der Waals surface area contributed by atoms with Gasteiger partial charge in [0.05, 0.1) is 0 Å². The third-order valence-electron chi connectivity index (χ3n) is 13.3. The zero-order valence-corrected chi connectivity index (χ0v) is 37.3. The Morgan fingerprint density at radius 3 is 1.48 bits per heavy atom. The van der Waals surface area contributed by atoms with Gasteiger partial charge in [-0.1, -0.05) is 170 Å². The summed E-state index contributed by atoms with van der Waals surface area (Å²) >= 11 is 1.86. The fourth-order valence-corrected chi connectivity index (χ4v) is 11.0. The maximum Gasteiger partial charge on any atom is 0.136 e. The first-order chi connectivity index (χ1) is 33.2. The Balaban J connectivity index is 0.827. The molecule has 13 rings (SSSR count). The van der Waals surface area contributed by atoms with Crippen LogP contribution in [0.4, 0.5) is 17.1 Å². The predicted octanol–water partition coefficient (Wildman–Crippen LogP) is 18.9. The summed E-state index contributed by atoms with van der Waals surface area (Å²) in [6.07, 6.45) is 0. The van der Waals surface area contributed by atoms with Crippen LogP contribution in [0.5, 0.6) is 0 Å². The number of furan rings is 1. The van der Waals surface area contributed by atoms with Crippen molar-refractivity contribution in [3.8, 4) is 55.6 Å². The highest BCUT2D eigenvalue weighted by atomic mass is 32.1. The van der Waals surface area contributed by atoms with Crippen LogP contribution in [0.25, 0.3) is 109 Å². The van der Waals surface area contributed by atoms with Crippen LogP contribution in [0.15, 0.2) is 253 Å². The van der Waals surface area contributed by atoms with Crippen molar-refractivity contribution >= 4 is 81.3 Å². The second-order valence-electron chi connectivity index (χ2n) is 17.3. The van der Waals surface area contributed by atoms with Gasteiger partial charge in [-0.05, 0) is 145 Å². The zero-order valence-electron chi connectivity index (χ0n) is 36.4. The van der Waals surface area contributed by atoms with Gasteiger partial charge < -0.3 is 9.32 Å². The van der Waals surface area contributed by atoms with Gasteiger partial charge >= 0.3 is 0 Å². The van der Waals surface area contributed by atoms with Crippen molar-refractivity contribution in [2.45, 2.75) is 0 Å². The van der Waals surface area contributed by atoms with Gasteiger partial charge in [0.15, 0.2) is 0 Å². The van der Waals surface area contributed by atoms with E-state index >= 15 is 0 Å². The lowest BCUT2D eigenvalue weighted by atomic mass is 9.96. The molecule has 0 unspecified atom stereocenters.